The molecule has 4 atom stereocenters. The van der Waals surface area contributed by atoms with Crippen LogP contribution in [0.5, 0.6) is 5.75 Å². The van der Waals surface area contributed by atoms with Crippen LogP contribution in [0.3, 0.4) is 0 Å². The maximum Gasteiger partial charge on any atom is 0.352 e. The Morgan fingerprint density at radius 1 is 1.37 bits per heavy atom. The lowest BCUT2D eigenvalue weighted by Gasteiger charge is -2.46. The van der Waals surface area contributed by atoms with Crippen LogP contribution in [0.1, 0.15) is 38.3 Å². The van der Waals surface area contributed by atoms with Crippen LogP contribution in [-0.2, 0) is 16.0 Å². The fourth-order valence-corrected chi connectivity index (χ4v) is 4.23. The number of carboxylic acid groups (broad SMARTS) is 1. The van der Waals surface area contributed by atoms with Gasteiger partial charge in [0.25, 0.3) is 0 Å². The van der Waals surface area contributed by atoms with Gasteiger partial charge in [-0.05, 0) is 37.5 Å². The molecule has 0 aromatic heterocycles. The lowest BCUT2D eigenvalue weighted by atomic mass is 9.78. The molecule has 3 rings (SSSR count). The number of amides is 1. The predicted octanol–water partition coefficient (Wildman–Crippen LogP) is 2.52. The number of aliphatic hydroxyl groups excluding tert-OH is 1. The summed E-state index contributed by atoms with van der Waals surface area (Å²) in [6.45, 7) is 7.66. The van der Waals surface area contributed by atoms with Crippen molar-refractivity contribution in [2.24, 2.45) is 11.8 Å². The summed E-state index contributed by atoms with van der Waals surface area (Å²) in [6.07, 6.45) is 1.19. The van der Waals surface area contributed by atoms with Crippen molar-refractivity contribution < 1.29 is 24.5 Å². The van der Waals surface area contributed by atoms with E-state index >= 15 is 0 Å². The number of β-lactam (4-membered cyclic amide) rings is 1. The third-order valence-electron chi connectivity index (χ3n) is 5.69. The molecule has 0 aliphatic carbocycles. The SMILES string of the molecule is CCCc1ccc(C)c(OCC2=C(C(=O)O)N3C(=O)C(C(C)O)[C@H]3C2C)c1. The minimum atomic E-state index is -1.13. The standard InChI is InChI=1S/C21H27NO5/c1-5-6-14-8-7-11(2)16(9-14)27-10-15-12(3)18-17(13(4)23)20(24)22(18)19(15)21(25)26/h7-9,12-13,17-18,23H,5-6,10H2,1-4H3,(H,25,26)/t12?,13?,17?,18-/m1/s1. The smallest absolute Gasteiger partial charge is 0.352 e. The molecule has 0 radical (unpaired) electrons. The molecule has 0 bridgehead atoms. The van der Waals surface area contributed by atoms with Crippen LogP contribution >= 0.6 is 0 Å². The van der Waals surface area contributed by atoms with Crippen LogP contribution in [0, 0.1) is 18.8 Å². The van der Waals surface area contributed by atoms with Gasteiger partial charge in [0.2, 0.25) is 5.91 Å². The fraction of sp³-hybridized carbons (Fsp3) is 0.524. The van der Waals surface area contributed by atoms with Gasteiger partial charge in [0.05, 0.1) is 18.1 Å². The number of rotatable bonds is 7. The van der Waals surface area contributed by atoms with Gasteiger partial charge >= 0.3 is 5.97 Å². The average Bonchev–Trinajstić information content (AvgIpc) is 2.84. The zero-order chi connectivity index (χ0) is 19.9. The molecule has 2 aliphatic heterocycles. The van der Waals surface area contributed by atoms with E-state index in [1.54, 1.807) is 6.92 Å². The molecule has 0 spiro atoms. The number of ether oxygens (including phenoxy) is 1. The number of carbonyl (C=O) groups is 2. The Bertz CT molecular complexity index is 798. The molecular formula is C21H27NO5. The van der Waals surface area contributed by atoms with Gasteiger partial charge in [-0.3, -0.25) is 4.79 Å². The number of hydrogen-bond acceptors (Lipinski definition) is 4. The van der Waals surface area contributed by atoms with Gasteiger partial charge in [-0.1, -0.05) is 32.4 Å². The number of carboxylic acids is 1. The highest BCUT2D eigenvalue weighted by atomic mass is 16.5. The van der Waals surface area contributed by atoms with Crippen LogP contribution in [0.15, 0.2) is 29.5 Å². The number of hydrogen-bond donors (Lipinski definition) is 2. The largest absolute Gasteiger partial charge is 0.489 e. The maximum absolute atomic E-state index is 12.4. The molecule has 146 valence electrons. The highest BCUT2D eigenvalue weighted by Gasteiger charge is 2.59. The van der Waals surface area contributed by atoms with E-state index in [0.717, 1.165) is 24.2 Å². The molecule has 1 saturated heterocycles. The molecule has 2 N–H and O–H groups in total. The Labute approximate surface area is 159 Å². The Balaban J connectivity index is 1.85. The molecule has 27 heavy (non-hydrogen) atoms. The zero-order valence-corrected chi connectivity index (χ0v) is 16.2. The highest BCUT2D eigenvalue weighted by Crippen LogP contribution is 2.47. The predicted molar refractivity (Wildman–Crippen MR) is 100 cm³/mol. The minimum Gasteiger partial charge on any atom is -0.489 e. The van der Waals surface area contributed by atoms with Crippen molar-refractivity contribution in [2.45, 2.75) is 52.7 Å². The molecular weight excluding hydrogens is 346 g/mol. The summed E-state index contributed by atoms with van der Waals surface area (Å²) in [5, 5.41) is 19.6. The molecule has 1 aromatic carbocycles. The van der Waals surface area contributed by atoms with Crippen LogP contribution in [0.2, 0.25) is 0 Å². The van der Waals surface area contributed by atoms with Crippen molar-refractivity contribution in [1.82, 2.24) is 4.90 Å². The second-order valence-electron chi connectivity index (χ2n) is 7.57. The second kappa shape index (κ2) is 7.35. The van der Waals surface area contributed by atoms with Crippen LogP contribution in [-0.4, -0.2) is 45.7 Å². The van der Waals surface area contributed by atoms with E-state index < -0.39 is 18.0 Å². The van der Waals surface area contributed by atoms with E-state index in [9.17, 15) is 19.8 Å². The summed E-state index contributed by atoms with van der Waals surface area (Å²) in [5.74, 6) is -1.45. The van der Waals surface area contributed by atoms with Crippen molar-refractivity contribution in [3.8, 4) is 5.75 Å². The first-order valence-electron chi connectivity index (χ1n) is 9.47. The average molecular weight is 373 g/mol. The van der Waals surface area contributed by atoms with Crippen molar-refractivity contribution in [1.29, 1.82) is 0 Å². The van der Waals surface area contributed by atoms with Gasteiger partial charge in [0.1, 0.15) is 18.1 Å². The monoisotopic (exact) mass is 373 g/mol. The third kappa shape index (κ3) is 3.23. The van der Waals surface area contributed by atoms with E-state index in [2.05, 4.69) is 13.0 Å². The number of aliphatic carboxylic acids is 1. The summed E-state index contributed by atoms with van der Waals surface area (Å²) in [4.78, 5) is 25.5. The maximum atomic E-state index is 12.4. The first kappa shape index (κ1) is 19.4. The molecule has 6 heteroatoms. The quantitative estimate of drug-likeness (QED) is 0.717. The number of nitrogens with zero attached hydrogens (tertiary/aromatic N) is 1. The van der Waals surface area contributed by atoms with Crippen molar-refractivity contribution >= 4 is 11.9 Å². The molecule has 1 fully saturated rings. The summed E-state index contributed by atoms with van der Waals surface area (Å²) < 4.78 is 5.99. The van der Waals surface area contributed by atoms with Crippen molar-refractivity contribution in [2.75, 3.05) is 6.61 Å². The summed E-state index contributed by atoms with van der Waals surface area (Å²) >= 11 is 0. The van der Waals surface area contributed by atoms with Gasteiger partial charge in [-0.15, -0.1) is 0 Å². The number of aliphatic hydroxyl groups is 1. The fourth-order valence-electron chi connectivity index (χ4n) is 4.23. The Kier molecular flexibility index (Phi) is 5.29. The third-order valence-corrected chi connectivity index (χ3v) is 5.69. The molecule has 1 amide bonds. The zero-order valence-electron chi connectivity index (χ0n) is 16.2. The number of benzene rings is 1. The summed E-state index contributed by atoms with van der Waals surface area (Å²) in [7, 11) is 0. The Morgan fingerprint density at radius 2 is 2.07 bits per heavy atom. The van der Waals surface area contributed by atoms with E-state index in [0.29, 0.717) is 5.57 Å². The van der Waals surface area contributed by atoms with Gasteiger partial charge in [-0.25, -0.2) is 4.79 Å². The van der Waals surface area contributed by atoms with Crippen molar-refractivity contribution in [3.63, 3.8) is 0 Å². The lowest BCUT2D eigenvalue weighted by Crippen LogP contribution is -2.63. The van der Waals surface area contributed by atoms with E-state index in [4.69, 9.17) is 4.74 Å². The molecule has 3 unspecified atom stereocenters. The second-order valence-corrected chi connectivity index (χ2v) is 7.57. The van der Waals surface area contributed by atoms with Gasteiger partial charge in [-0.2, -0.15) is 0 Å². The summed E-state index contributed by atoms with van der Waals surface area (Å²) in [5.41, 5.74) is 2.78. The number of fused-ring (bicyclic) bond motifs is 1. The van der Waals surface area contributed by atoms with Gasteiger partial charge in [0.15, 0.2) is 0 Å². The lowest BCUT2D eigenvalue weighted by molar-refractivity contribution is -0.163. The molecule has 2 aliphatic rings. The minimum absolute atomic E-state index is 0.0109. The van der Waals surface area contributed by atoms with Crippen molar-refractivity contribution in [3.05, 3.63) is 40.6 Å². The van der Waals surface area contributed by atoms with Crippen LogP contribution in [0.4, 0.5) is 0 Å². The first-order chi connectivity index (χ1) is 12.8. The molecule has 2 heterocycles. The number of aryl methyl sites for hydroxylation is 2. The van der Waals surface area contributed by atoms with Gasteiger partial charge < -0.3 is 19.8 Å². The molecule has 1 aromatic rings. The topological polar surface area (TPSA) is 87.1 Å². The van der Waals surface area contributed by atoms with E-state index in [1.165, 1.54) is 10.5 Å². The molecule has 0 saturated carbocycles. The Hall–Kier alpha value is -2.34. The van der Waals surface area contributed by atoms with Crippen LogP contribution in [0.25, 0.3) is 0 Å². The van der Waals surface area contributed by atoms with E-state index in [1.807, 2.05) is 26.0 Å². The number of carbonyl (C=O) groups excluding carboxylic acids is 1. The van der Waals surface area contributed by atoms with E-state index in [-0.39, 0.29) is 30.2 Å². The van der Waals surface area contributed by atoms with Crippen LogP contribution < -0.4 is 4.74 Å². The summed E-state index contributed by atoms with van der Waals surface area (Å²) in [6, 6.07) is 5.77. The Morgan fingerprint density at radius 3 is 2.67 bits per heavy atom. The van der Waals surface area contributed by atoms with Gasteiger partial charge in [0, 0.05) is 11.5 Å². The highest BCUT2D eigenvalue weighted by molar-refractivity contribution is 6.00. The normalized spacial score (nSPS) is 25.3. The first-order valence-corrected chi connectivity index (χ1v) is 9.47. The molecule has 6 nitrogen and oxygen atoms in total.